The molecular weight excluding hydrogens is 262 g/mol. The first-order valence-electron chi connectivity index (χ1n) is 7.32. The maximum atomic E-state index is 11.9. The lowest BCUT2D eigenvalue weighted by molar-refractivity contribution is 0.248. The summed E-state index contributed by atoms with van der Waals surface area (Å²) in [6.07, 6.45) is 2.42. The van der Waals surface area contributed by atoms with E-state index in [-0.39, 0.29) is 12.1 Å². The molecule has 1 fully saturated rings. The molecule has 3 rings (SSSR count). The zero-order valence-electron chi connectivity index (χ0n) is 12.0. The van der Waals surface area contributed by atoms with Crippen LogP contribution in [-0.2, 0) is 0 Å². The Bertz CT molecular complexity index is 623. The number of urea groups is 1. The van der Waals surface area contributed by atoms with Crippen molar-refractivity contribution in [2.24, 2.45) is 5.92 Å². The molecule has 1 heterocycles. The number of hydrogen-bond donors (Lipinski definition) is 2. The van der Waals surface area contributed by atoms with Gasteiger partial charge in [0.15, 0.2) is 0 Å². The number of benzene rings is 1. The molecule has 21 heavy (non-hydrogen) atoms. The van der Waals surface area contributed by atoms with E-state index in [1.54, 1.807) is 6.07 Å². The van der Waals surface area contributed by atoms with Crippen molar-refractivity contribution in [3.05, 3.63) is 48.5 Å². The SMILES string of the molecule is C[C@H](NC(=O)Nc1cccc(-c2ccccc2)n1)C1CC1. The monoisotopic (exact) mass is 281 g/mol. The van der Waals surface area contributed by atoms with Crippen LogP contribution in [-0.4, -0.2) is 17.1 Å². The van der Waals surface area contributed by atoms with E-state index in [2.05, 4.69) is 15.6 Å². The van der Waals surface area contributed by atoms with E-state index >= 15 is 0 Å². The second-order valence-electron chi connectivity index (χ2n) is 5.50. The van der Waals surface area contributed by atoms with Gasteiger partial charge in [-0.2, -0.15) is 0 Å². The molecule has 0 radical (unpaired) electrons. The molecule has 0 spiro atoms. The van der Waals surface area contributed by atoms with E-state index in [0.29, 0.717) is 11.7 Å². The molecule has 0 aliphatic heterocycles. The molecule has 1 saturated carbocycles. The third kappa shape index (κ3) is 3.60. The summed E-state index contributed by atoms with van der Waals surface area (Å²) in [5, 5.41) is 5.76. The Morgan fingerprint density at radius 1 is 1.14 bits per heavy atom. The molecule has 1 aliphatic carbocycles. The molecule has 1 atom stereocenters. The highest BCUT2D eigenvalue weighted by Gasteiger charge is 2.28. The molecular formula is C17H19N3O. The number of carbonyl (C=O) groups is 1. The summed E-state index contributed by atoms with van der Waals surface area (Å²) in [6, 6.07) is 15.6. The van der Waals surface area contributed by atoms with Gasteiger partial charge < -0.3 is 5.32 Å². The number of nitrogens with one attached hydrogen (secondary N) is 2. The van der Waals surface area contributed by atoms with Gasteiger partial charge in [-0.25, -0.2) is 9.78 Å². The topological polar surface area (TPSA) is 54.0 Å². The Kier molecular flexibility index (Phi) is 3.86. The molecule has 0 unspecified atom stereocenters. The number of aromatic nitrogens is 1. The molecule has 1 aromatic carbocycles. The third-order valence-electron chi connectivity index (χ3n) is 3.75. The smallest absolute Gasteiger partial charge is 0.320 e. The van der Waals surface area contributed by atoms with Crippen molar-refractivity contribution in [2.75, 3.05) is 5.32 Å². The minimum atomic E-state index is -0.188. The average Bonchev–Trinajstić information content (AvgIpc) is 3.33. The Morgan fingerprint density at radius 2 is 1.90 bits per heavy atom. The average molecular weight is 281 g/mol. The summed E-state index contributed by atoms with van der Waals surface area (Å²) in [5.74, 6) is 1.20. The quantitative estimate of drug-likeness (QED) is 0.898. The van der Waals surface area contributed by atoms with Gasteiger partial charge in [-0.1, -0.05) is 36.4 Å². The fourth-order valence-electron chi connectivity index (χ4n) is 2.35. The first-order chi connectivity index (χ1) is 10.2. The van der Waals surface area contributed by atoms with Crippen molar-refractivity contribution in [2.45, 2.75) is 25.8 Å². The number of rotatable bonds is 4. The second kappa shape index (κ2) is 5.95. The number of hydrogen-bond acceptors (Lipinski definition) is 2. The summed E-state index contributed by atoms with van der Waals surface area (Å²) >= 11 is 0. The van der Waals surface area contributed by atoms with E-state index in [1.807, 2.05) is 49.4 Å². The molecule has 0 bridgehead atoms. The summed E-state index contributed by atoms with van der Waals surface area (Å²) in [6.45, 7) is 2.05. The van der Waals surface area contributed by atoms with Gasteiger partial charge in [-0.05, 0) is 37.8 Å². The van der Waals surface area contributed by atoms with Crippen molar-refractivity contribution in [1.82, 2.24) is 10.3 Å². The number of nitrogens with zero attached hydrogens (tertiary/aromatic N) is 1. The van der Waals surface area contributed by atoms with Crippen LogP contribution in [0.2, 0.25) is 0 Å². The van der Waals surface area contributed by atoms with Gasteiger partial charge in [0.2, 0.25) is 0 Å². The van der Waals surface area contributed by atoms with Gasteiger partial charge in [0, 0.05) is 11.6 Å². The van der Waals surface area contributed by atoms with Gasteiger partial charge in [-0.15, -0.1) is 0 Å². The van der Waals surface area contributed by atoms with Crippen LogP contribution in [0.3, 0.4) is 0 Å². The summed E-state index contributed by atoms with van der Waals surface area (Å²) in [5.41, 5.74) is 1.89. The maximum Gasteiger partial charge on any atom is 0.320 e. The molecule has 2 N–H and O–H groups in total. The van der Waals surface area contributed by atoms with Gasteiger partial charge in [0.05, 0.1) is 5.69 Å². The molecule has 1 aliphatic rings. The highest BCUT2D eigenvalue weighted by Crippen LogP contribution is 2.32. The second-order valence-corrected chi connectivity index (χ2v) is 5.50. The first kappa shape index (κ1) is 13.6. The molecule has 2 amide bonds. The van der Waals surface area contributed by atoms with Crippen LogP contribution in [0.15, 0.2) is 48.5 Å². The standard InChI is InChI=1S/C17H19N3O/c1-12(13-10-11-13)18-17(21)20-16-9-5-8-15(19-16)14-6-3-2-4-7-14/h2-9,12-13H,10-11H2,1H3,(H2,18,19,20,21)/t12-/m0/s1. The van der Waals surface area contributed by atoms with E-state index < -0.39 is 0 Å². The maximum absolute atomic E-state index is 11.9. The van der Waals surface area contributed by atoms with E-state index in [9.17, 15) is 4.79 Å². The number of anilines is 1. The highest BCUT2D eigenvalue weighted by molar-refractivity contribution is 5.88. The van der Waals surface area contributed by atoms with Crippen molar-refractivity contribution >= 4 is 11.8 Å². The number of amides is 2. The predicted molar refractivity (Wildman–Crippen MR) is 84.0 cm³/mol. The van der Waals surface area contributed by atoms with Crippen molar-refractivity contribution in [1.29, 1.82) is 0 Å². The van der Waals surface area contributed by atoms with E-state index in [1.165, 1.54) is 12.8 Å². The van der Waals surface area contributed by atoms with Crippen LogP contribution < -0.4 is 10.6 Å². The van der Waals surface area contributed by atoms with Crippen LogP contribution in [0.25, 0.3) is 11.3 Å². The first-order valence-corrected chi connectivity index (χ1v) is 7.32. The molecule has 1 aromatic heterocycles. The summed E-state index contributed by atoms with van der Waals surface area (Å²) in [7, 11) is 0. The minimum absolute atomic E-state index is 0.188. The largest absolute Gasteiger partial charge is 0.335 e. The Balaban J connectivity index is 1.67. The number of pyridine rings is 1. The van der Waals surface area contributed by atoms with Gasteiger partial charge in [0.25, 0.3) is 0 Å². The lowest BCUT2D eigenvalue weighted by atomic mass is 10.1. The zero-order chi connectivity index (χ0) is 14.7. The van der Waals surface area contributed by atoms with Crippen LogP contribution in [0, 0.1) is 5.92 Å². The fraction of sp³-hybridized carbons (Fsp3) is 0.294. The Morgan fingerprint density at radius 3 is 2.62 bits per heavy atom. The van der Waals surface area contributed by atoms with Crippen molar-refractivity contribution in [3.63, 3.8) is 0 Å². The molecule has 4 heteroatoms. The van der Waals surface area contributed by atoms with Crippen molar-refractivity contribution < 1.29 is 4.79 Å². The molecule has 108 valence electrons. The normalized spacial score (nSPS) is 15.3. The minimum Gasteiger partial charge on any atom is -0.335 e. The summed E-state index contributed by atoms with van der Waals surface area (Å²) in [4.78, 5) is 16.4. The highest BCUT2D eigenvalue weighted by atomic mass is 16.2. The lowest BCUT2D eigenvalue weighted by Gasteiger charge is -2.13. The van der Waals surface area contributed by atoms with E-state index in [4.69, 9.17) is 0 Å². The zero-order valence-corrected chi connectivity index (χ0v) is 12.0. The fourth-order valence-corrected chi connectivity index (χ4v) is 2.35. The van der Waals surface area contributed by atoms with Gasteiger partial charge in [0.1, 0.15) is 5.82 Å². The van der Waals surface area contributed by atoms with Crippen LogP contribution >= 0.6 is 0 Å². The Labute approximate surface area is 124 Å². The lowest BCUT2D eigenvalue weighted by Crippen LogP contribution is -2.37. The van der Waals surface area contributed by atoms with Gasteiger partial charge in [-0.3, -0.25) is 5.32 Å². The van der Waals surface area contributed by atoms with Crippen molar-refractivity contribution in [3.8, 4) is 11.3 Å². The predicted octanol–water partition coefficient (Wildman–Crippen LogP) is 3.67. The van der Waals surface area contributed by atoms with Crippen LogP contribution in [0.4, 0.5) is 10.6 Å². The molecule has 0 saturated heterocycles. The van der Waals surface area contributed by atoms with Crippen LogP contribution in [0.1, 0.15) is 19.8 Å². The number of carbonyl (C=O) groups excluding carboxylic acids is 1. The van der Waals surface area contributed by atoms with Crippen LogP contribution in [0.5, 0.6) is 0 Å². The van der Waals surface area contributed by atoms with E-state index in [0.717, 1.165) is 11.3 Å². The molecule has 4 nitrogen and oxygen atoms in total. The Hall–Kier alpha value is -2.36. The summed E-state index contributed by atoms with van der Waals surface area (Å²) < 4.78 is 0. The van der Waals surface area contributed by atoms with Gasteiger partial charge >= 0.3 is 6.03 Å². The third-order valence-corrected chi connectivity index (χ3v) is 3.75. The molecule has 2 aromatic rings.